The van der Waals surface area contributed by atoms with Crippen LogP contribution in [0.1, 0.15) is 71.7 Å². The molecule has 72 heavy (non-hydrogen) atoms. The summed E-state index contributed by atoms with van der Waals surface area (Å²) in [5.41, 5.74) is 5.09. The van der Waals surface area contributed by atoms with Gasteiger partial charge in [0.05, 0.1) is 34.1 Å². The van der Waals surface area contributed by atoms with E-state index in [0.29, 0.717) is 54.0 Å². The largest absolute Gasteiger partial charge is 0.494 e. The number of anilines is 6. The molecule has 1 unspecified atom stereocenters. The lowest BCUT2D eigenvalue weighted by molar-refractivity contribution is -0.141. The molecule has 5 aliphatic rings. The molecule has 1 atom stereocenters. The molecular weight excluding hydrogens is 1000 g/mol. The highest BCUT2D eigenvalue weighted by Gasteiger charge is 2.46. The first-order chi connectivity index (χ1) is 34.6. The Hall–Kier alpha value is -6.36. The lowest BCUT2D eigenvalue weighted by Gasteiger charge is -2.46. The van der Waals surface area contributed by atoms with Crippen molar-refractivity contribution >= 4 is 103 Å². The van der Waals surface area contributed by atoms with Gasteiger partial charge in [-0.05, 0) is 114 Å². The number of fused-ring (bicyclic) bond motifs is 2. The fourth-order valence-electron chi connectivity index (χ4n) is 11.2. The highest BCUT2D eigenvalue weighted by atomic mass is 79.9. The maximum atomic E-state index is 13.8. The molecule has 3 saturated heterocycles. The maximum Gasteiger partial charge on any atom is 0.262 e. The Balaban J connectivity index is 0.716. The summed E-state index contributed by atoms with van der Waals surface area (Å²) >= 11 is 3.62. The molecule has 19 heteroatoms. The number of hydrogen-bond acceptors (Lipinski definition) is 14. The third-order valence-corrected chi connectivity index (χ3v) is 17.4. The number of amides is 5. The number of ether oxygens (including phenoxy) is 1. The fourth-order valence-corrected chi connectivity index (χ4v) is 13.0. The van der Waals surface area contributed by atoms with Crippen LogP contribution in [-0.4, -0.2) is 139 Å². The van der Waals surface area contributed by atoms with Crippen LogP contribution >= 0.6 is 23.1 Å². The number of benzene rings is 4. The maximum absolute atomic E-state index is 13.8. The van der Waals surface area contributed by atoms with E-state index in [4.69, 9.17) is 9.72 Å². The van der Waals surface area contributed by atoms with E-state index in [-0.39, 0.29) is 41.8 Å². The van der Waals surface area contributed by atoms with Crippen LogP contribution in [0, 0.1) is 5.92 Å². The zero-order valence-corrected chi connectivity index (χ0v) is 43.7. The number of nitrogens with zero attached hydrogens (tertiary/aromatic N) is 7. The first-order valence-electron chi connectivity index (χ1n) is 24.8. The van der Waals surface area contributed by atoms with E-state index in [1.54, 1.807) is 38.8 Å². The molecule has 376 valence electrons. The summed E-state index contributed by atoms with van der Waals surface area (Å²) in [4.78, 5) is 84.1. The van der Waals surface area contributed by atoms with Gasteiger partial charge in [0.15, 0.2) is 0 Å². The average Bonchev–Trinajstić information content (AvgIpc) is 3.61. The average molecular weight is 1060 g/mol. The third-order valence-electron chi connectivity index (χ3n) is 15.3. The van der Waals surface area contributed by atoms with Crippen LogP contribution in [0.3, 0.4) is 0 Å². The molecule has 3 N–H and O–H groups in total. The van der Waals surface area contributed by atoms with Crippen LogP contribution < -0.4 is 35.8 Å². The van der Waals surface area contributed by atoms with Gasteiger partial charge in [-0.3, -0.25) is 39.1 Å². The molecule has 1 saturated carbocycles. The van der Waals surface area contributed by atoms with Crippen molar-refractivity contribution in [2.45, 2.75) is 70.0 Å². The van der Waals surface area contributed by atoms with Gasteiger partial charge in [-0.2, -0.15) is 4.98 Å². The summed E-state index contributed by atoms with van der Waals surface area (Å²) in [6.07, 6.45) is 6.13. The summed E-state index contributed by atoms with van der Waals surface area (Å²) < 4.78 is 20.3. The Morgan fingerprint density at radius 1 is 0.889 bits per heavy atom. The van der Waals surface area contributed by atoms with Crippen molar-refractivity contribution in [1.29, 1.82) is 0 Å². The smallest absolute Gasteiger partial charge is 0.262 e. The van der Waals surface area contributed by atoms with Crippen molar-refractivity contribution < 1.29 is 33.3 Å². The number of halogens is 1. The monoisotopic (exact) mass is 1060 g/mol. The van der Waals surface area contributed by atoms with Crippen molar-refractivity contribution in [1.82, 2.24) is 30.0 Å². The number of carbonyl (C=O) groups is 5. The number of methoxy groups -OCH3 is 1. The minimum absolute atomic E-state index is 0.0649. The van der Waals surface area contributed by atoms with E-state index in [2.05, 4.69) is 70.6 Å². The summed E-state index contributed by atoms with van der Waals surface area (Å²) in [5, 5.41) is 11.8. The van der Waals surface area contributed by atoms with Gasteiger partial charge < -0.3 is 34.6 Å². The molecular formula is C53H60BrN10O7P. The molecule has 10 rings (SSSR count). The second kappa shape index (κ2) is 19.9. The summed E-state index contributed by atoms with van der Waals surface area (Å²) in [6, 6.07) is 20.8. The van der Waals surface area contributed by atoms with Gasteiger partial charge in [-0.25, -0.2) is 4.98 Å². The number of aromatic nitrogens is 2. The highest BCUT2D eigenvalue weighted by molar-refractivity contribution is 9.10. The summed E-state index contributed by atoms with van der Waals surface area (Å²) in [7, 11) is 0.924. The van der Waals surface area contributed by atoms with Gasteiger partial charge in [-0.15, -0.1) is 0 Å². The topological polar surface area (TPSA) is 190 Å². The number of rotatable bonds is 13. The molecule has 0 spiro atoms. The van der Waals surface area contributed by atoms with Crippen molar-refractivity contribution in [3.05, 3.63) is 94.1 Å². The van der Waals surface area contributed by atoms with Gasteiger partial charge in [0.25, 0.3) is 11.8 Å². The molecule has 4 aromatic carbocycles. The molecule has 1 aromatic heterocycles. The van der Waals surface area contributed by atoms with E-state index in [1.165, 1.54) is 5.56 Å². The number of aryl methyl sites for hydroxylation is 1. The molecule has 17 nitrogen and oxygen atoms in total. The van der Waals surface area contributed by atoms with Crippen LogP contribution in [-0.2, 0) is 25.4 Å². The Labute approximate surface area is 427 Å². The minimum atomic E-state index is -2.69. The zero-order chi connectivity index (χ0) is 50.6. The SMILES string of the molecule is CCc1cc(Nc2ncc(Br)c(Nc3ccc4ccccc4c3P(C)(C)=O)n2)c(OC)cc1N1CCC(N2CCN(C(=O)C3CC(N(C)c4ccc5c(c4)C(=O)N(C4CCC(=O)NC4=O)C5=O)C3)CC2)CC1. The molecule has 4 fully saturated rings. The van der Waals surface area contributed by atoms with Crippen LogP contribution in [0.4, 0.5) is 34.5 Å². The van der Waals surface area contributed by atoms with E-state index in [1.807, 2.05) is 54.4 Å². The van der Waals surface area contributed by atoms with Gasteiger partial charge in [-0.1, -0.05) is 37.3 Å². The van der Waals surface area contributed by atoms with Gasteiger partial charge in [0.2, 0.25) is 23.7 Å². The quantitative estimate of drug-likeness (QED) is 0.0798. The van der Waals surface area contributed by atoms with Gasteiger partial charge in [0.1, 0.15) is 24.8 Å². The van der Waals surface area contributed by atoms with E-state index >= 15 is 0 Å². The van der Waals surface area contributed by atoms with Crippen molar-refractivity contribution in [2.75, 3.05) is 87.2 Å². The number of piperidine rings is 2. The lowest BCUT2D eigenvalue weighted by atomic mass is 9.78. The lowest BCUT2D eigenvalue weighted by Crippen LogP contribution is -2.57. The Bertz CT molecular complexity index is 3050. The fraction of sp³-hybridized carbons (Fsp3) is 0.415. The molecule has 1 aliphatic carbocycles. The van der Waals surface area contributed by atoms with Crippen LogP contribution in [0.15, 0.2) is 77.4 Å². The first kappa shape index (κ1) is 49.2. The second-order valence-electron chi connectivity index (χ2n) is 19.9. The molecule has 5 amide bonds. The molecule has 0 bridgehead atoms. The molecule has 0 radical (unpaired) electrons. The van der Waals surface area contributed by atoms with E-state index in [9.17, 15) is 28.5 Å². The van der Waals surface area contributed by atoms with Gasteiger partial charge in [0, 0.05) is 99.7 Å². The standard InChI is InChI=1S/C53H60BrN10O7P/c1-6-31-27-42(57-53-55-30-40(54)48(59-53)56-41-14-11-32-9-7-8-10-37(32)47(41)72(4,5)70)45(71-3)29-44(31)62-19-17-34(18-20-62)61-21-23-63(24-22-61)50(67)33-25-36(26-33)60(2)35-12-13-38-39(28-35)52(69)64(51(38)68)43-15-16-46(65)58-49(43)66/h7-14,27-30,33-34,36,43H,6,15-26H2,1-5H3,(H,58,65,66)(H2,55,56,57,59). The Morgan fingerprint density at radius 2 is 1.62 bits per heavy atom. The molecule has 5 aromatic rings. The normalized spacial score (nSPS) is 20.9. The number of nitrogens with one attached hydrogen (secondary N) is 3. The summed E-state index contributed by atoms with van der Waals surface area (Å²) in [5.74, 6) is -0.363. The van der Waals surface area contributed by atoms with Crippen LogP contribution in [0.2, 0.25) is 0 Å². The predicted molar refractivity (Wildman–Crippen MR) is 283 cm³/mol. The number of piperazine rings is 1. The molecule has 4 aliphatic heterocycles. The third kappa shape index (κ3) is 9.44. The predicted octanol–water partition coefficient (Wildman–Crippen LogP) is 7.13. The van der Waals surface area contributed by atoms with E-state index < -0.39 is 36.8 Å². The zero-order valence-electron chi connectivity index (χ0n) is 41.2. The van der Waals surface area contributed by atoms with E-state index in [0.717, 1.165) is 89.2 Å². The Kier molecular flexibility index (Phi) is 13.6. The second-order valence-corrected chi connectivity index (χ2v) is 23.9. The summed E-state index contributed by atoms with van der Waals surface area (Å²) in [6.45, 7) is 10.6. The van der Waals surface area contributed by atoms with Crippen LogP contribution in [0.5, 0.6) is 5.75 Å². The number of imide groups is 2. The molecule has 5 heterocycles. The number of carbonyl (C=O) groups excluding carboxylic acids is 5. The first-order valence-corrected chi connectivity index (χ1v) is 28.2. The van der Waals surface area contributed by atoms with Crippen molar-refractivity contribution in [3.63, 3.8) is 0 Å². The number of hydrogen-bond donors (Lipinski definition) is 3. The van der Waals surface area contributed by atoms with Gasteiger partial charge >= 0.3 is 0 Å². The van der Waals surface area contributed by atoms with Crippen LogP contribution in [0.25, 0.3) is 10.8 Å². The minimum Gasteiger partial charge on any atom is -0.494 e. The Morgan fingerprint density at radius 3 is 2.33 bits per heavy atom. The van der Waals surface area contributed by atoms with Crippen molar-refractivity contribution in [3.8, 4) is 5.75 Å². The van der Waals surface area contributed by atoms with Crippen molar-refractivity contribution in [2.24, 2.45) is 5.92 Å². The highest BCUT2D eigenvalue weighted by Crippen LogP contribution is 2.43.